The molecule has 0 amide bonds. The number of rotatable bonds is 2. The van der Waals surface area contributed by atoms with Crippen LogP contribution in [0.5, 0.6) is 0 Å². The zero-order valence-electron chi connectivity index (χ0n) is 9.13. The second kappa shape index (κ2) is 4.00. The third-order valence-electron chi connectivity index (χ3n) is 4.14. The number of fused-ring (bicyclic) bond motifs is 1. The topological polar surface area (TPSA) is 3.24 Å². The zero-order chi connectivity index (χ0) is 9.26. The minimum absolute atomic E-state index is 0.949. The fraction of sp³-hybridized carbons (Fsp3) is 1.00. The van der Waals surface area contributed by atoms with Gasteiger partial charge in [-0.3, -0.25) is 0 Å². The van der Waals surface area contributed by atoms with Crippen LogP contribution in [-0.4, -0.2) is 24.5 Å². The molecule has 1 saturated carbocycles. The first-order chi connectivity index (χ1) is 6.33. The highest BCUT2D eigenvalue weighted by Gasteiger charge is 2.39. The van der Waals surface area contributed by atoms with Crippen molar-refractivity contribution in [2.75, 3.05) is 13.6 Å². The average molecular weight is 181 g/mol. The van der Waals surface area contributed by atoms with E-state index in [2.05, 4.69) is 18.9 Å². The van der Waals surface area contributed by atoms with Crippen molar-refractivity contribution >= 4 is 0 Å². The Hall–Kier alpha value is -0.0400. The predicted octanol–water partition coefficient (Wildman–Crippen LogP) is 2.91. The predicted molar refractivity (Wildman–Crippen MR) is 56.8 cm³/mol. The van der Waals surface area contributed by atoms with Gasteiger partial charge in [-0.25, -0.2) is 0 Å². The van der Waals surface area contributed by atoms with Gasteiger partial charge in [-0.15, -0.1) is 0 Å². The van der Waals surface area contributed by atoms with Crippen molar-refractivity contribution in [2.24, 2.45) is 11.8 Å². The maximum absolute atomic E-state index is 2.63. The summed E-state index contributed by atoms with van der Waals surface area (Å²) in [5, 5.41) is 0. The molecular formula is C12H23N. The summed E-state index contributed by atoms with van der Waals surface area (Å²) in [6.45, 7) is 3.71. The van der Waals surface area contributed by atoms with E-state index < -0.39 is 0 Å². The lowest BCUT2D eigenvalue weighted by atomic mass is 9.78. The molecule has 0 aromatic rings. The van der Waals surface area contributed by atoms with Gasteiger partial charge in [-0.2, -0.15) is 0 Å². The fourth-order valence-electron chi connectivity index (χ4n) is 3.55. The minimum Gasteiger partial charge on any atom is -0.303 e. The molecule has 1 heteroatoms. The largest absolute Gasteiger partial charge is 0.303 e. The highest BCUT2D eigenvalue weighted by Crippen LogP contribution is 2.40. The Kier molecular flexibility index (Phi) is 2.92. The summed E-state index contributed by atoms with van der Waals surface area (Å²) in [6.07, 6.45) is 8.80. The lowest BCUT2D eigenvalue weighted by Crippen LogP contribution is -2.31. The van der Waals surface area contributed by atoms with E-state index in [0.29, 0.717) is 0 Å². The van der Waals surface area contributed by atoms with Crippen molar-refractivity contribution in [1.82, 2.24) is 4.90 Å². The molecule has 1 aliphatic carbocycles. The quantitative estimate of drug-likeness (QED) is 0.633. The Bertz CT molecular complexity index is 167. The number of hydrogen-bond donors (Lipinski definition) is 0. The summed E-state index contributed by atoms with van der Waals surface area (Å²) < 4.78 is 0. The molecule has 0 N–H and O–H groups in total. The zero-order valence-corrected chi connectivity index (χ0v) is 9.13. The molecule has 0 spiro atoms. The molecule has 1 saturated heterocycles. The second-order valence-corrected chi connectivity index (χ2v) is 5.00. The van der Waals surface area contributed by atoms with Crippen molar-refractivity contribution < 1.29 is 0 Å². The Morgan fingerprint density at radius 1 is 1.23 bits per heavy atom. The van der Waals surface area contributed by atoms with Crippen LogP contribution in [0.3, 0.4) is 0 Å². The van der Waals surface area contributed by atoms with Crippen molar-refractivity contribution in [3.63, 3.8) is 0 Å². The van der Waals surface area contributed by atoms with E-state index in [-0.39, 0.29) is 0 Å². The lowest BCUT2D eigenvalue weighted by molar-refractivity contribution is 0.204. The van der Waals surface area contributed by atoms with Crippen LogP contribution in [0.1, 0.15) is 45.4 Å². The fourth-order valence-corrected chi connectivity index (χ4v) is 3.55. The molecular weight excluding hydrogens is 158 g/mol. The smallest absolute Gasteiger partial charge is 0.0124 e. The lowest BCUT2D eigenvalue weighted by Gasteiger charge is -2.30. The molecule has 0 aromatic heterocycles. The number of hydrogen-bond acceptors (Lipinski definition) is 1. The Labute approximate surface area is 82.5 Å². The highest BCUT2D eigenvalue weighted by atomic mass is 15.2. The van der Waals surface area contributed by atoms with Gasteiger partial charge >= 0.3 is 0 Å². The van der Waals surface area contributed by atoms with Crippen LogP contribution in [0.25, 0.3) is 0 Å². The Morgan fingerprint density at radius 3 is 2.77 bits per heavy atom. The molecule has 2 aliphatic rings. The van der Waals surface area contributed by atoms with Crippen LogP contribution in [0.4, 0.5) is 0 Å². The molecule has 0 bridgehead atoms. The third kappa shape index (κ3) is 1.76. The summed E-state index contributed by atoms with van der Waals surface area (Å²) in [5.41, 5.74) is 0. The third-order valence-corrected chi connectivity index (χ3v) is 4.14. The number of nitrogens with zero attached hydrogens (tertiary/aromatic N) is 1. The summed E-state index contributed by atoms with van der Waals surface area (Å²) in [7, 11) is 2.33. The molecule has 3 atom stereocenters. The SMILES string of the molecule is CCCC1CN(C)C2CCCCC12. The van der Waals surface area contributed by atoms with E-state index in [0.717, 1.165) is 17.9 Å². The van der Waals surface area contributed by atoms with Gasteiger partial charge in [0.05, 0.1) is 0 Å². The molecule has 2 rings (SSSR count). The van der Waals surface area contributed by atoms with E-state index in [1.807, 2.05) is 0 Å². The van der Waals surface area contributed by atoms with Crippen molar-refractivity contribution in [3.8, 4) is 0 Å². The van der Waals surface area contributed by atoms with Gasteiger partial charge in [0.15, 0.2) is 0 Å². The molecule has 1 aliphatic heterocycles. The van der Waals surface area contributed by atoms with Crippen LogP contribution in [-0.2, 0) is 0 Å². The maximum Gasteiger partial charge on any atom is 0.0124 e. The number of likely N-dealkylation sites (tertiary alicyclic amines) is 1. The van der Waals surface area contributed by atoms with Crippen LogP contribution < -0.4 is 0 Å². The van der Waals surface area contributed by atoms with Crippen molar-refractivity contribution in [2.45, 2.75) is 51.5 Å². The van der Waals surface area contributed by atoms with Gasteiger partial charge in [-0.1, -0.05) is 26.2 Å². The summed E-state index contributed by atoms with van der Waals surface area (Å²) >= 11 is 0. The monoisotopic (exact) mass is 181 g/mol. The van der Waals surface area contributed by atoms with Gasteiger partial charge in [0, 0.05) is 12.6 Å². The molecule has 0 aromatic carbocycles. The van der Waals surface area contributed by atoms with Gasteiger partial charge in [0.2, 0.25) is 0 Å². The van der Waals surface area contributed by atoms with E-state index in [9.17, 15) is 0 Å². The molecule has 2 fully saturated rings. The van der Waals surface area contributed by atoms with Gasteiger partial charge < -0.3 is 4.90 Å². The van der Waals surface area contributed by atoms with Crippen LogP contribution in [0.15, 0.2) is 0 Å². The van der Waals surface area contributed by atoms with E-state index in [1.165, 1.54) is 45.1 Å². The first kappa shape index (κ1) is 9.51. The molecule has 1 nitrogen and oxygen atoms in total. The molecule has 13 heavy (non-hydrogen) atoms. The summed E-state index contributed by atoms with van der Waals surface area (Å²) in [6, 6.07) is 0.949. The molecule has 76 valence electrons. The Balaban J connectivity index is 1.99. The standard InChI is InChI=1S/C12H23N/c1-3-6-10-9-13(2)12-8-5-4-7-11(10)12/h10-12H,3-9H2,1-2H3. The van der Waals surface area contributed by atoms with Gasteiger partial charge in [0.1, 0.15) is 0 Å². The summed E-state index contributed by atoms with van der Waals surface area (Å²) in [5.74, 6) is 2.08. The van der Waals surface area contributed by atoms with E-state index in [1.54, 1.807) is 0 Å². The van der Waals surface area contributed by atoms with Gasteiger partial charge in [0.25, 0.3) is 0 Å². The highest BCUT2D eigenvalue weighted by molar-refractivity contribution is 4.93. The van der Waals surface area contributed by atoms with E-state index >= 15 is 0 Å². The first-order valence-electron chi connectivity index (χ1n) is 6.03. The Morgan fingerprint density at radius 2 is 2.00 bits per heavy atom. The van der Waals surface area contributed by atoms with E-state index in [4.69, 9.17) is 0 Å². The van der Waals surface area contributed by atoms with Crippen LogP contribution in [0, 0.1) is 11.8 Å². The van der Waals surface area contributed by atoms with Crippen LogP contribution in [0.2, 0.25) is 0 Å². The van der Waals surface area contributed by atoms with Crippen LogP contribution >= 0.6 is 0 Å². The maximum atomic E-state index is 2.63. The first-order valence-corrected chi connectivity index (χ1v) is 6.03. The normalized spacial score (nSPS) is 40.6. The van der Waals surface area contributed by atoms with Crippen molar-refractivity contribution in [1.29, 1.82) is 0 Å². The average Bonchev–Trinajstić information content (AvgIpc) is 2.46. The van der Waals surface area contributed by atoms with Gasteiger partial charge in [-0.05, 0) is 38.1 Å². The second-order valence-electron chi connectivity index (χ2n) is 5.00. The molecule has 3 unspecified atom stereocenters. The van der Waals surface area contributed by atoms with Crippen molar-refractivity contribution in [3.05, 3.63) is 0 Å². The molecule has 0 radical (unpaired) electrons. The summed E-state index contributed by atoms with van der Waals surface area (Å²) in [4.78, 5) is 2.63. The minimum atomic E-state index is 0.949. The molecule has 1 heterocycles.